The minimum Gasteiger partial charge on any atom is -0.395 e. The molecule has 1 aliphatic carbocycles. The van der Waals surface area contributed by atoms with E-state index >= 15 is 0 Å². The molecule has 0 aromatic carbocycles. The molecule has 0 aromatic heterocycles. The summed E-state index contributed by atoms with van der Waals surface area (Å²) in [5.41, 5.74) is -0.808. The highest BCUT2D eigenvalue weighted by atomic mass is 16.3. The van der Waals surface area contributed by atoms with Crippen molar-refractivity contribution in [3.05, 3.63) is 0 Å². The van der Waals surface area contributed by atoms with E-state index in [0.29, 0.717) is 19.0 Å². The highest BCUT2D eigenvalue weighted by Gasteiger charge is 2.36. The summed E-state index contributed by atoms with van der Waals surface area (Å²) in [6.07, 6.45) is 3.52. The van der Waals surface area contributed by atoms with Gasteiger partial charge in [0.2, 0.25) is 0 Å². The first-order valence-corrected chi connectivity index (χ1v) is 5.81. The SMILES string of the molecule is CC1CCC(O)(N(CCO)CCO)CC1. The lowest BCUT2D eigenvalue weighted by Gasteiger charge is -2.43. The van der Waals surface area contributed by atoms with Crippen LogP contribution in [-0.2, 0) is 0 Å². The van der Waals surface area contributed by atoms with Crippen LogP contribution in [0.1, 0.15) is 32.6 Å². The zero-order valence-electron chi connectivity index (χ0n) is 9.52. The molecule has 0 radical (unpaired) electrons. The monoisotopic (exact) mass is 217 g/mol. The van der Waals surface area contributed by atoms with Crippen molar-refractivity contribution in [1.82, 2.24) is 4.90 Å². The van der Waals surface area contributed by atoms with Gasteiger partial charge in [-0.25, -0.2) is 0 Å². The summed E-state index contributed by atoms with van der Waals surface area (Å²) in [5.74, 6) is 0.676. The van der Waals surface area contributed by atoms with Crippen LogP contribution in [0, 0.1) is 5.92 Å². The number of hydrogen-bond donors (Lipinski definition) is 3. The van der Waals surface area contributed by atoms with Crippen molar-refractivity contribution in [2.24, 2.45) is 5.92 Å². The van der Waals surface area contributed by atoms with E-state index in [0.717, 1.165) is 25.7 Å². The lowest BCUT2D eigenvalue weighted by molar-refractivity contribution is -0.144. The van der Waals surface area contributed by atoms with Crippen LogP contribution >= 0.6 is 0 Å². The van der Waals surface area contributed by atoms with Gasteiger partial charge in [0.1, 0.15) is 5.72 Å². The van der Waals surface area contributed by atoms with E-state index < -0.39 is 5.72 Å². The Morgan fingerprint density at radius 1 is 1.13 bits per heavy atom. The Balaban J connectivity index is 2.55. The fourth-order valence-corrected chi connectivity index (χ4v) is 2.31. The lowest BCUT2D eigenvalue weighted by Crippen LogP contribution is -2.52. The van der Waals surface area contributed by atoms with E-state index in [1.807, 2.05) is 0 Å². The Morgan fingerprint density at radius 2 is 1.60 bits per heavy atom. The van der Waals surface area contributed by atoms with Crippen molar-refractivity contribution in [1.29, 1.82) is 0 Å². The predicted octanol–water partition coefficient (Wildman–Crippen LogP) is 0.172. The maximum Gasteiger partial charge on any atom is 0.118 e. The van der Waals surface area contributed by atoms with Crippen LogP contribution in [-0.4, -0.2) is 52.2 Å². The van der Waals surface area contributed by atoms with Gasteiger partial charge < -0.3 is 15.3 Å². The molecule has 4 heteroatoms. The molecule has 0 aromatic rings. The Bertz CT molecular complexity index is 173. The largest absolute Gasteiger partial charge is 0.395 e. The molecule has 0 amide bonds. The van der Waals surface area contributed by atoms with Gasteiger partial charge in [-0.15, -0.1) is 0 Å². The molecule has 0 atom stereocenters. The summed E-state index contributed by atoms with van der Waals surface area (Å²) in [6, 6.07) is 0. The normalized spacial score (nSPS) is 32.2. The maximum atomic E-state index is 10.4. The minimum absolute atomic E-state index is 0.0257. The molecule has 15 heavy (non-hydrogen) atoms. The minimum atomic E-state index is -0.808. The van der Waals surface area contributed by atoms with Crippen LogP contribution in [0.3, 0.4) is 0 Å². The lowest BCUT2D eigenvalue weighted by atomic mass is 9.83. The topological polar surface area (TPSA) is 63.9 Å². The molecule has 0 unspecified atom stereocenters. The molecule has 4 nitrogen and oxygen atoms in total. The third kappa shape index (κ3) is 3.41. The third-order valence-corrected chi connectivity index (χ3v) is 3.40. The molecule has 0 aliphatic heterocycles. The fourth-order valence-electron chi connectivity index (χ4n) is 2.31. The fraction of sp³-hybridized carbons (Fsp3) is 1.00. The van der Waals surface area contributed by atoms with Gasteiger partial charge in [0, 0.05) is 13.1 Å². The first kappa shape index (κ1) is 12.9. The molecule has 0 spiro atoms. The van der Waals surface area contributed by atoms with Crippen molar-refractivity contribution in [2.45, 2.75) is 38.3 Å². The Kier molecular flexibility index (Phi) is 4.99. The van der Waals surface area contributed by atoms with Crippen molar-refractivity contribution in [3.8, 4) is 0 Å². The van der Waals surface area contributed by atoms with Gasteiger partial charge >= 0.3 is 0 Å². The first-order chi connectivity index (χ1) is 7.12. The summed E-state index contributed by atoms with van der Waals surface area (Å²) < 4.78 is 0. The Morgan fingerprint density at radius 3 is 2.00 bits per heavy atom. The van der Waals surface area contributed by atoms with Crippen LogP contribution in [0.15, 0.2) is 0 Å². The van der Waals surface area contributed by atoms with Crippen molar-refractivity contribution in [2.75, 3.05) is 26.3 Å². The molecule has 1 saturated carbocycles. The van der Waals surface area contributed by atoms with Gasteiger partial charge in [-0.1, -0.05) is 6.92 Å². The van der Waals surface area contributed by atoms with E-state index in [4.69, 9.17) is 10.2 Å². The van der Waals surface area contributed by atoms with Gasteiger partial charge in [0.05, 0.1) is 13.2 Å². The summed E-state index contributed by atoms with van der Waals surface area (Å²) in [5, 5.41) is 28.3. The third-order valence-electron chi connectivity index (χ3n) is 3.40. The van der Waals surface area contributed by atoms with E-state index in [1.54, 1.807) is 4.90 Å². The molecule has 0 saturated heterocycles. The highest BCUT2D eigenvalue weighted by Crippen LogP contribution is 2.34. The van der Waals surface area contributed by atoms with Gasteiger partial charge in [0.15, 0.2) is 0 Å². The van der Waals surface area contributed by atoms with E-state index in [1.165, 1.54) is 0 Å². The quantitative estimate of drug-likeness (QED) is 0.575. The molecule has 1 aliphatic rings. The summed E-state index contributed by atoms with van der Waals surface area (Å²) >= 11 is 0. The van der Waals surface area contributed by atoms with E-state index in [2.05, 4.69) is 6.92 Å². The van der Waals surface area contributed by atoms with Crippen molar-refractivity contribution in [3.63, 3.8) is 0 Å². The van der Waals surface area contributed by atoms with Gasteiger partial charge in [-0.05, 0) is 31.6 Å². The summed E-state index contributed by atoms with van der Waals surface area (Å²) in [4.78, 5) is 1.80. The second-order valence-electron chi connectivity index (χ2n) is 4.60. The average molecular weight is 217 g/mol. The van der Waals surface area contributed by atoms with Gasteiger partial charge in [-0.2, -0.15) is 0 Å². The molecule has 1 fully saturated rings. The number of aliphatic hydroxyl groups is 3. The van der Waals surface area contributed by atoms with Gasteiger partial charge in [0.25, 0.3) is 0 Å². The van der Waals surface area contributed by atoms with Crippen LogP contribution in [0.5, 0.6) is 0 Å². The maximum absolute atomic E-state index is 10.4. The van der Waals surface area contributed by atoms with Crippen LogP contribution in [0.2, 0.25) is 0 Å². The van der Waals surface area contributed by atoms with Crippen LogP contribution in [0.25, 0.3) is 0 Å². The number of hydrogen-bond acceptors (Lipinski definition) is 4. The first-order valence-electron chi connectivity index (χ1n) is 5.81. The molecule has 0 heterocycles. The summed E-state index contributed by atoms with van der Waals surface area (Å²) in [6.45, 7) is 3.12. The van der Waals surface area contributed by atoms with Crippen molar-refractivity contribution >= 4 is 0 Å². The van der Waals surface area contributed by atoms with E-state index in [-0.39, 0.29) is 13.2 Å². The molecule has 0 bridgehead atoms. The average Bonchev–Trinajstić information content (AvgIpc) is 2.23. The number of aliphatic hydroxyl groups excluding tert-OH is 2. The molecule has 90 valence electrons. The zero-order chi connectivity index (χ0) is 11.3. The molecular formula is C11H23NO3. The molecule has 3 N–H and O–H groups in total. The van der Waals surface area contributed by atoms with Crippen LogP contribution in [0.4, 0.5) is 0 Å². The predicted molar refractivity (Wildman–Crippen MR) is 58.3 cm³/mol. The number of nitrogens with zero attached hydrogens (tertiary/aromatic N) is 1. The van der Waals surface area contributed by atoms with E-state index in [9.17, 15) is 5.11 Å². The summed E-state index contributed by atoms with van der Waals surface area (Å²) in [7, 11) is 0. The molecular weight excluding hydrogens is 194 g/mol. The van der Waals surface area contributed by atoms with Gasteiger partial charge in [-0.3, -0.25) is 4.90 Å². The Labute approximate surface area is 91.5 Å². The molecule has 1 rings (SSSR count). The zero-order valence-corrected chi connectivity index (χ0v) is 9.52. The standard InChI is InChI=1S/C11H23NO3/c1-10-2-4-11(15,5-3-10)12(6-8-13)7-9-14/h10,13-15H,2-9H2,1H3. The smallest absolute Gasteiger partial charge is 0.118 e. The second-order valence-corrected chi connectivity index (χ2v) is 4.60. The Hall–Kier alpha value is -0.160. The van der Waals surface area contributed by atoms with Crippen LogP contribution < -0.4 is 0 Å². The second kappa shape index (κ2) is 5.80. The highest BCUT2D eigenvalue weighted by molar-refractivity contribution is 4.84. The number of rotatable bonds is 5. The van der Waals surface area contributed by atoms with Crippen molar-refractivity contribution < 1.29 is 15.3 Å².